The van der Waals surface area contributed by atoms with Gasteiger partial charge in [0.25, 0.3) is 0 Å². The van der Waals surface area contributed by atoms with Gasteiger partial charge in [0.05, 0.1) is 11.3 Å². The Balaban J connectivity index is 1.71. The Morgan fingerprint density at radius 2 is 1.83 bits per heavy atom. The molecule has 148 valence electrons. The number of aromatic carboxylic acids is 1. The van der Waals surface area contributed by atoms with Gasteiger partial charge in [-0.15, -0.1) is 0 Å². The Morgan fingerprint density at radius 3 is 2.60 bits per heavy atom. The second-order valence-electron chi connectivity index (χ2n) is 7.30. The topological polar surface area (TPSA) is 59.5 Å². The van der Waals surface area contributed by atoms with Crippen molar-refractivity contribution in [2.45, 2.75) is 13.5 Å². The number of imidazole rings is 1. The largest absolute Gasteiger partial charge is 0.478 e. The highest BCUT2D eigenvalue weighted by molar-refractivity contribution is 6.30. The second-order valence-corrected chi connectivity index (χ2v) is 7.73. The number of carbonyl (C=O) groups is 1. The normalized spacial score (nSPS) is 11.4. The van der Waals surface area contributed by atoms with Crippen LogP contribution >= 0.6 is 11.6 Å². The van der Waals surface area contributed by atoms with Crippen molar-refractivity contribution in [2.24, 2.45) is 0 Å². The number of pyridine rings is 1. The summed E-state index contributed by atoms with van der Waals surface area (Å²) >= 11 is 6.06. The minimum absolute atomic E-state index is 0.223. The number of carboxylic acid groups (broad SMARTS) is 1. The van der Waals surface area contributed by atoms with Gasteiger partial charge in [-0.25, -0.2) is 9.78 Å². The van der Waals surface area contributed by atoms with Crippen molar-refractivity contribution in [1.29, 1.82) is 0 Å². The Hall–Kier alpha value is -3.57. The summed E-state index contributed by atoms with van der Waals surface area (Å²) in [7, 11) is 0. The molecule has 2 aromatic carbocycles. The van der Waals surface area contributed by atoms with E-state index in [1.54, 1.807) is 18.3 Å². The first-order valence-corrected chi connectivity index (χ1v) is 9.94. The van der Waals surface area contributed by atoms with E-state index in [2.05, 4.69) is 22.8 Å². The number of aryl methyl sites for hydroxylation is 1. The van der Waals surface area contributed by atoms with Crippen molar-refractivity contribution in [3.8, 4) is 11.4 Å². The van der Waals surface area contributed by atoms with Crippen LogP contribution in [-0.4, -0.2) is 25.0 Å². The van der Waals surface area contributed by atoms with Crippen LogP contribution in [-0.2, 0) is 6.54 Å². The molecular weight excluding hydrogens is 398 g/mol. The number of para-hydroxylation sites is 1. The van der Waals surface area contributed by atoms with Crippen molar-refractivity contribution >= 4 is 34.1 Å². The maximum atomic E-state index is 11.4. The van der Waals surface area contributed by atoms with Gasteiger partial charge in [-0.3, -0.25) is 0 Å². The Morgan fingerprint density at radius 1 is 1.07 bits per heavy atom. The number of carboxylic acids is 1. The smallest absolute Gasteiger partial charge is 0.335 e. The van der Waals surface area contributed by atoms with Crippen LogP contribution in [0.1, 0.15) is 21.6 Å². The average molecular weight is 416 g/mol. The van der Waals surface area contributed by atoms with Crippen molar-refractivity contribution in [3.63, 3.8) is 0 Å². The fourth-order valence-corrected chi connectivity index (χ4v) is 4.02. The molecule has 0 aliphatic heterocycles. The lowest BCUT2D eigenvalue weighted by Gasteiger charge is -2.11. The lowest BCUT2D eigenvalue weighted by atomic mass is 10.2. The van der Waals surface area contributed by atoms with Crippen molar-refractivity contribution in [2.75, 3.05) is 0 Å². The van der Waals surface area contributed by atoms with Crippen LogP contribution in [0.3, 0.4) is 0 Å². The van der Waals surface area contributed by atoms with Crippen LogP contribution in [0.2, 0.25) is 5.02 Å². The maximum Gasteiger partial charge on any atom is 0.335 e. The Kier molecular flexibility index (Phi) is 4.33. The molecule has 0 aliphatic carbocycles. The SMILES string of the molecule is Cc1c(-c2cc3ccccc3n2Cc2ccc(Cl)cc2)nc2cc(C(=O)O)ccn12. The monoisotopic (exact) mass is 415 g/mol. The predicted molar refractivity (Wildman–Crippen MR) is 118 cm³/mol. The van der Waals surface area contributed by atoms with Crippen molar-refractivity contribution in [1.82, 2.24) is 14.0 Å². The zero-order valence-electron chi connectivity index (χ0n) is 16.2. The van der Waals surface area contributed by atoms with E-state index < -0.39 is 5.97 Å². The molecule has 0 fully saturated rings. The van der Waals surface area contributed by atoms with E-state index in [-0.39, 0.29) is 5.56 Å². The Labute approximate surface area is 177 Å². The third kappa shape index (κ3) is 3.04. The number of hydrogen-bond donors (Lipinski definition) is 1. The predicted octanol–water partition coefficient (Wildman–Crippen LogP) is 5.66. The number of nitrogens with zero attached hydrogens (tertiary/aromatic N) is 3. The number of fused-ring (bicyclic) bond motifs is 2. The van der Waals surface area contributed by atoms with E-state index in [1.807, 2.05) is 47.7 Å². The summed E-state index contributed by atoms with van der Waals surface area (Å²) < 4.78 is 4.16. The fourth-order valence-electron chi connectivity index (χ4n) is 3.89. The molecule has 5 rings (SSSR count). The molecule has 0 atom stereocenters. The summed E-state index contributed by atoms with van der Waals surface area (Å²) in [6.07, 6.45) is 1.76. The second kappa shape index (κ2) is 7.04. The third-order valence-corrected chi connectivity index (χ3v) is 5.67. The summed E-state index contributed by atoms with van der Waals surface area (Å²) in [6.45, 7) is 2.67. The van der Waals surface area contributed by atoms with Gasteiger partial charge in [0.2, 0.25) is 0 Å². The van der Waals surface area contributed by atoms with Gasteiger partial charge in [-0.1, -0.05) is 41.9 Å². The number of aromatic nitrogens is 3. The quantitative estimate of drug-likeness (QED) is 0.411. The molecule has 0 aliphatic rings. The molecule has 0 amide bonds. The van der Waals surface area contributed by atoms with E-state index in [1.165, 1.54) is 0 Å². The highest BCUT2D eigenvalue weighted by Crippen LogP contribution is 2.31. The van der Waals surface area contributed by atoms with E-state index in [9.17, 15) is 9.90 Å². The van der Waals surface area contributed by atoms with Crippen LogP contribution in [0.4, 0.5) is 0 Å². The lowest BCUT2D eigenvalue weighted by molar-refractivity contribution is 0.0697. The molecule has 0 saturated heterocycles. The first kappa shape index (κ1) is 18.5. The van der Waals surface area contributed by atoms with Crippen LogP contribution in [0.25, 0.3) is 27.9 Å². The standard InChI is InChI=1S/C24H18ClN3O2/c1-15-23(26-22-13-18(24(29)30)10-11-27(15)22)21-12-17-4-2-3-5-20(17)28(21)14-16-6-8-19(25)9-7-16/h2-13H,14H2,1H3,(H,29,30). The van der Waals surface area contributed by atoms with Gasteiger partial charge < -0.3 is 14.1 Å². The van der Waals surface area contributed by atoms with Gasteiger partial charge in [0, 0.05) is 34.4 Å². The molecule has 0 radical (unpaired) electrons. The van der Waals surface area contributed by atoms with Gasteiger partial charge in [0.15, 0.2) is 0 Å². The van der Waals surface area contributed by atoms with Gasteiger partial charge in [-0.2, -0.15) is 0 Å². The summed E-state index contributed by atoms with van der Waals surface area (Å²) in [5.41, 5.74) is 5.88. The number of rotatable bonds is 4. The molecule has 1 N–H and O–H groups in total. The highest BCUT2D eigenvalue weighted by Gasteiger charge is 2.18. The summed E-state index contributed by atoms with van der Waals surface area (Å²) in [5.74, 6) is -0.962. The van der Waals surface area contributed by atoms with Crippen LogP contribution < -0.4 is 0 Å². The minimum atomic E-state index is -0.962. The average Bonchev–Trinajstić information content (AvgIpc) is 3.27. The number of halogens is 1. The molecule has 30 heavy (non-hydrogen) atoms. The highest BCUT2D eigenvalue weighted by atomic mass is 35.5. The molecule has 0 spiro atoms. The zero-order valence-corrected chi connectivity index (χ0v) is 17.0. The fraction of sp³-hybridized carbons (Fsp3) is 0.0833. The van der Waals surface area contributed by atoms with Crippen molar-refractivity contribution in [3.05, 3.63) is 94.8 Å². The molecule has 5 aromatic rings. The molecule has 0 saturated carbocycles. The molecular formula is C24H18ClN3O2. The zero-order chi connectivity index (χ0) is 20.8. The molecule has 3 heterocycles. The van der Waals surface area contributed by atoms with Gasteiger partial charge in [-0.05, 0) is 48.9 Å². The van der Waals surface area contributed by atoms with Gasteiger partial charge in [0.1, 0.15) is 11.3 Å². The van der Waals surface area contributed by atoms with E-state index >= 15 is 0 Å². The molecule has 0 unspecified atom stereocenters. The van der Waals surface area contributed by atoms with Crippen LogP contribution in [0, 0.1) is 6.92 Å². The summed E-state index contributed by atoms with van der Waals surface area (Å²) in [5, 5.41) is 11.1. The molecule has 6 heteroatoms. The minimum Gasteiger partial charge on any atom is -0.478 e. The van der Waals surface area contributed by atoms with Crippen LogP contribution in [0.15, 0.2) is 72.9 Å². The molecule has 3 aromatic heterocycles. The number of hydrogen-bond acceptors (Lipinski definition) is 2. The molecule has 0 bridgehead atoms. The van der Waals surface area contributed by atoms with Crippen LogP contribution in [0.5, 0.6) is 0 Å². The first-order valence-electron chi connectivity index (χ1n) is 9.56. The lowest BCUT2D eigenvalue weighted by Crippen LogP contribution is -2.02. The van der Waals surface area contributed by atoms with E-state index in [4.69, 9.17) is 16.6 Å². The first-order chi connectivity index (χ1) is 14.5. The summed E-state index contributed by atoms with van der Waals surface area (Å²) in [4.78, 5) is 16.1. The van der Waals surface area contributed by atoms with E-state index in [0.29, 0.717) is 17.2 Å². The molecule has 5 nitrogen and oxygen atoms in total. The Bertz CT molecular complexity index is 1410. The van der Waals surface area contributed by atoms with E-state index in [0.717, 1.165) is 33.5 Å². The maximum absolute atomic E-state index is 11.4. The summed E-state index contributed by atoms with van der Waals surface area (Å²) in [6, 6.07) is 21.4. The van der Waals surface area contributed by atoms with Gasteiger partial charge >= 0.3 is 5.97 Å². The third-order valence-electron chi connectivity index (χ3n) is 5.42. The number of benzene rings is 2. The van der Waals surface area contributed by atoms with Crippen molar-refractivity contribution < 1.29 is 9.90 Å².